The molecule has 0 aliphatic carbocycles. The van der Waals surface area contributed by atoms with Gasteiger partial charge in [-0.15, -0.1) is 0 Å². The maximum Gasteiger partial charge on any atom is 0.306 e. The van der Waals surface area contributed by atoms with E-state index >= 15 is 0 Å². The Balaban J connectivity index is 4.51. The number of esters is 3. The summed E-state index contributed by atoms with van der Waals surface area (Å²) in [6.45, 7) is 6.43. The Hall–Kier alpha value is -3.67. The second kappa shape index (κ2) is 54.9. The normalized spacial score (nSPS) is 12.8. The summed E-state index contributed by atoms with van der Waals surface area (Å²) in [5, 5.41) is 0. The van der Waals surface area contributed by atoms with E-state index in [4.69, 9.17) is 14.2 Å². The molecule has 6 heteroatoms. The third-order valence-corrected chi connectivity index (χ3v) is 11.6. The van der Waals surface area contributed by atoms with Gasteiger partial charge in [0.05, 0.1) is 0 Å². The fourth-order valence-corrected chi connectivity index (χ4v) is 7.44. The van der Waals surface area contributed by atoms with Crippen molar-refractivity contribution in [2.24, 2.45) is 0 Å². The molecule has 0 aromatic rings. The van der Waals surface area contributed by atoms with E-state index < -0.39 is 6.10 Å². The molecule has 382 valence electrons. The molecule has 0 amide bonds. The number of carbonyl (C=O) groups excluding carboxylic acids is 3. The van der Waals surface area contributed by atoms with Crippen LogP contribution in [0.5, 0.6) is 0 Å². The average molecular weight is 931 g/mol. The average Bonchev–Trinajstić information content (AvgIpc) is 3.33. The first-order chi connectivity index (χ1) is 33.0. The van der Waals surface area contributed by atoms with Crippen molar-refractivity contribution in [1.82, 2.24) is 0 Å². The molecule has 0 heterocycles. The van der Waals surface area contributed by atoms with E-state index in [2.05, 4.69) is 112 Å². The summed E-state index contributed by atoms with van der Waals surface area (Å²) >= 11 is 0. The molecular formula is C61H102O6. The quantitative estimate of drug-likeness (QED) is 0.0262. The van der Waals surface area contributed by atoms with Crippen molar-refractivity contribution in [3.8, 4) is 0 Å². The van der Waals surface area contributed by atoms with Gasteiger partial charge in [0.15, 0.2) is 6.10 Å². The largest absolute Gasteiger partial charge is 0.462 e. The standard InChI is InChI=1S/C61H102O6/c1-4-7-10-13-16-19-22-25-28-29-30-31-34-36-39-42-45-48-51-54-60(63)66-57-58(67-61(64)55-52-49-46-43-40-37-33-27-24-21-18-15-12-9-6-3)56-65-59(62)53-50-47-44-41-38-35-32-26-23-20-17-14-11-8-5-2/h7,10,16-17,19-20,25-26,28,30-32,36,39,45,48,58H,4-6,8-9,11-15,18,21-24,27,29,33-35,37-38,40-44,46-47,49-57H2,1-3H3/t58-/m1/s1. The SMILES string of the molecule is CCC=CCC=CCC=CCC=CCC=CCC=CCCC(=O)OC[C@@H](COC(=O)CCCCCCCC=CCC=CCCCCC)OC(=O)CCCCCCCCCCCCCCCCC. The molecule has 0 saturated carbocycles. The second-order valence-corrected chi connectivity index (χ2v) is 18.1. The number of unbranched alkanes of at least 4 members (excludes halogenated alkanes) is 22. The van der Waals surface area contributed by atoms with E-state index in [0.717, 1.165) is 103 Å². The van der Waals surface area contributed by atoms with Gasteiger partial charge in [-0.05, 0) is 89.9 Å². The van der Waals surface area contributed by atoms with Crippen molar-refractivity contribution in [1.29, 1.82) is 0 Å². The Morgan fingerprint density at radius 1 is 0.313 bits per heavy atom. The van der Waals surface area contributed by atoms with Crippen LogP contribution in [0.2, 0.25) is 0 Å². The highest BCUT2D eigenvalue weighted by Crippen LogP contribution is 2.15. The van der Waals surface area contributed by atoms with Crippen molar-refractivity contribution in [3.05, 3.63) is 97.2 Å². The van der Waals surface area contributed by atoms with Crippen LogP contribution in [-0.4, -0.2) is 37.2 Å². The van der Waals surface area contributed by atoms with Crippen LogP contribution in [-0.2, 0) is 28.6 Å². The lowest BCUT2D eigenvalue weighted by Crippen LogP contribution is -2.30. The van der Waals surface area contributed by atoms with Crippen LogP contribution < -0.4 is 0 Å². The first kappa shape index (κ1) is 63.3. The summed E-state index contributed by atoms with van der Waals surface area (Å²) in [6, 6.07) is 0. The molecule has 0 aromatic heterocycles. The van der Waals surface area contributed by atoms with E-state index in [9.17, 15) is 14.4 Å². The van der Waals surface area contributed by atoms with E-state index in [1.54, 1.807) is 0 Å². The first-order valence-corrected chi connectivity index (χ1v) is 27.7. The van der Waals surface area contributed by atoms with Gasteiger partial charge in [0.1, 0.15) is 13.2 Å². The van der Waals surface area contributed by atoms with Gasteiger partial charge in [-0.2, -0.15) is 0 Å². The Morgan fingerprint density at radius 3 is 1.03 bits per heavy atom. The third kappa shape index (κ3) is 53.2. The summed E-state index contributed by atoms with van der Waals surface area (Å²) in [6.07, 6.45) is 72.6. The summed E-state index contributed by atoms with van der Waals surface area (Å²) in [7, 11) is 0. The first-order valence-electron chi connectivity index (χ1n) is 27.7. The Labute approximate surface area is 413 Å². The lowest BCUT2D eigenvalue weighted by atomic mass is 10.0. The molecule has 0 aromatic carbocycles. The van der Waals surface area contributed by atoms with Gasteiger partial charge in [-0.25, -0.2) is 0 Å². The zero-order valence-electron chi connectivity index (χ0n) is 43.6. The maximum atomic E-state index is 12.8. The van der Waals surface area contributed by atoms with E-state index in [-0.39, 0.29) is 37.5 Å². The molecule has 6 nitrogen and oxygen atoms in total. The maximum absolute atomic E-state index is 12.8. The lowest BCUT2D eigenvalue weighted by Gasteiger charge is -2.18. The summed E-state index contributed by atoms with van der Waals surface area (Å²) in [5.74, 6) is -1.00. The molecule has 0 unspecified atom stereocenters. The van der Waals surface area contributed by atoms with Gasteiger partial charge in [0.2, 0.25) is 0 Å². The molecule has 0 saturated heterocycles. The van der Waals surface area contributed by atoms with Gasteiger partial charge in [0.25, 0.3) is 0 Å². The van der Waals surface area contributed by atoms with Gasteiger partial charge >= 0.3 is 17.9 Å². The van der Waals surface area contributed by atoms with E-state index in [0.29, 0.717) is 19.3 Å². The van der Waals surface area contributed by atoms with Crippen molar-refractivity contribution >= 4 is 17.9 Å². The predicted molar refractivity (Wildman–Crippen MR) is 288 cm³/mol. The van der Waals surface area contributed by atoms with Gasteiger partial charge in [-0.1, -0.05) is 240 Å². The zero-order valence-corrected chi connectivity index (χ0v) is 43.6. The minimum Gasteiger partial charge on any atom is -0.462 e. The summed E-state index contributed by atoms with van der Waals surface area (Å²) < 4.78 is 16.8. The highest BCUT2D eigenvalue weighted by Gasteiger charge is 2.19. The molecule has 0 spiro atoms. The number of hydrogen-bond acceptors (Lipinski definition) is 6. The number of carbonyl (C=O) groups is 3. The zero-order chi connectivity index (χ0) is 48.6. The molecule has 0 rings (SSSR count). The number of allylic oxidation sites excluding steroid dienone is 16. The summed E-state index contributed by atoms with van der Waals surface area (Å²) in [4.78, 5) is 38.1. The molecule has 0 bridgehead atoms. The molecular weight excluding hydrogens is 829 g/mol. The number of ether oxygens (including phenoxy) is 3. The van der Waals surface area contributed by atoms with Gasteiger partial charge < -0.3 is 14.2 Å². The van der Waals surface area contributed by atoms with Crippen LogP contribution in [0.4, 0.5) is 0 Å². The van der Waals surface area contributed by atoms with Crippen molar-refractivity contribution < 1.29 is 28.6 Å². The molecule has 1 atom stereocenters. The monoisotopic (exact) mass is 931 g/mol. The lowest BCUT2D eigenvalue weighted by molar-refractivity contribution is -0.166. The molecule has 0 fully saturated rings. The molecule has 0 N–H and O–H groups in total. The van der Waals surface area contributed by atoms with Crippen LogP contribution in [0.25, 0.3) is 0 Å². The number of rotatable bonds is 49. The van der Waals surface area contributed by atoms with Crippen molar-refractivity contribution in [2.75, 3.05) is 13.2 Å². The van der Waals surface area contributed by atoms with Crippen LogP contribution in [0, 0.1) is 0 Å². The minimum absolute atomic E-state index is 0.107. The third-order valence-electron chi connectivity index (χ3n) is 11.6. The number of hydrogen-bond donors (Lipinski definition) is 0. The molecule has 0 aliphatic heterocycles. The fraction of sp³-hybridized carbons (Fsp3) is 0.689. The van der Waals surface area contributed by atoms with E-state index in [1.807, 2.05) is 6.08 Å². The van der Waals surface area contributed by atoms with Crippen molar-refractivity contribution in [2.45, 2.75) is 258 Å². The highest BCUT2D eigenvalue weighted by molar-refractivity contribution is 5.71. The Bertz CT molecular complexity index is 1350. The van der Waals surface area contributed by atoms with Gasteiger partial charge in [-0.3, -0.25) is 14.4 Å². The molecule has 0 aliphatic rings. The minimum atomic E-state index is -0.813. The van der Waals surface area contributed by atoms with E-state index in [1.165, 1.54) is 103 Å². The second-order valence-electron chi connectivity index (χ2n) is 18.1. The fourth-order valence-electron chi connectivity index (χ4n) is 7.44. The Kier molecular flexibility index (Phi) is 51.9. The summed E-state index contributed by atoms with van der Waals surface area (Å²) in [5.41, 5.74) is 0. The highest BCUT2D eigenvalue weighted by atomic mass is 16.6. The smallest absolute Gasteiger partial charge is 0.306 e. The molecule has 67 heavy (non-hydrogen) atoms. The molecule has 0 radical (unpaired) electrons. The van der Waals surface area contributed by atoms with Crippen molar-refractivity contribution in [3.63, 3.8) is 0 Å². The van der Waals surface area contributed by atoms with Gasteiger partial charge in [0, 0.05) is 19.3 Å². The van der Waals surface area contributed by atoms with Crippen LogP contribution in [0.3, 0.4) is 0 Å². The van der Waals surface area contributed by atoms with Crippen LogP contribution >= 0.6 is 0 Å². The topological polar surface area (TPSA) is 78.9 Å². The predicted octanol–water partition coefficient (Wildman–Crippen LogP) is 18.5. The van der Waals surface area contributed by atoms with Crippen LogP contribution in [0.15, 0.2) is 97.2 Å². The van der Waals surface area contributed by atoms with Crippen LogP contribution in [0.1, 0.15) is 252 Å². The Morgan fingerprint density at radius 2 is 0.612 bits per heavy atom.